The van der Waals surface area contributed by atoms with Crippen molar-refractivity contribution in [2.75, 3.05) is 31.1 Å². The summed E-state index contributed by atoms with van der Waals surface area (Å²) < 4.78 is 5.54. The number of ether oxygens (including phenoxy) is 1. The van der Waals surface area contributed by atoms with Crippen molar-refractivity contribution in [3.05, 3.63) is 30.3 Å². The van der Waals surface area contributed by atoms with Crippen molar-refractivity contribution >= 4 is 11.6 Å². The highest BCUT2D eigenvalue weighted by atomic mass is 16.5. The molecule has 1 atom stereocenters. The van der Waals surface area contributed by atoms with E-state index < -0.39 is 0 Å². The average Bonchev–Trinajstić information content (AvgIpc) is 2.99. The second kappa shape index (κ2) is 8.02. The van der Waals surface area contributed by atoms with Gasteiger partial charge in [-0.3, -0.25) is 4.79 Å². The molecule has 1 aromatic carbocycles. The van der Waals surface area contributed by atoms with Gasteiger partial charge in [0.15, 0.2) is 0 Å². The largest absolute Gasteiger partial charge is 0.377 e. The maximum Gasteiger partial charge on any atom is 0.228 e. The van der Waals surface area contributed by atoms with E-state index in [4.69, 9.17) is 4.74 Å². The van der Waals surface area contributed by atoms with Crippen LogP contribution in [0.2, 0.25) is 0 Å². The fourth-order valence-electron chi connectivity index (χ4n) is 2.51. The maximum absolute atomic E-state index is 12.2. The first kappa shape index (κ1) is 15.0. The fourth-order valence-corrected chi connectivity index (χ4v) is 2.51. The molecule has 1 N–H and O–H groups in total. The normalized spacial score (nSPS) is 18.1. The van der Waals surface area contributed by atoms with Gasteiger partial charge < -0.3 is 15.0 Å². The molecule has 20 heavy (non-hydrogen) atoms. The lowest BCUT2D eigenvalue weighted by molar-refractivity contribution is -0.118. The van der Waals surface area contributed by atoms with E-state index in [9.17, 15) is 4.79 Å². The van der Waals surface area contributed by atoms with Gasteiger partial charge in [-0.25, -0.2) is 0 Å². The minimum Gasteiger partial charge on any atom is -0.377 e. The van der Waals surface area contributed by atoms with E-state index >= 15 is 0 Å². The molecule has 1 aromatic rings. The molecule has 2 rings (SSSR count). The summed E-state index contributed by atoms with van der Waals surface area (Å²) in [7, 11) is 0. The summed E-state index contributed by atoms with van der Waals surface area (Å²) >= 11 is 0. The minimum absolute atomic E-state index is 0.165. The Morgan fingerprint density at radius 3 is 2.85 bits per heavy atom. The molecule has 1 unspecified atom stereocenters. The van der Waals surface area contributed by atoms with Crippen LogP contribution in [0.1, 0.15) is 26.2 Å². The van der Waals surface area contributed by atoms with Gasteiger partial charge >= 0.3 is 0 Å². The van der Waals surface area contributed by atoms with Crippen molar-refractivity contribution in [1.82, 2.24) is 5.32 Å². The van der Waals surface area contributed by atoms with E-state index in [0.29, 0.717) is 25.6 Å². The van der Waals surface area contributed by atoms with Gasteiger partial charge in [0.1, 0.15) is 0 Å². The number of carbonyl (C=O) groups is 1. The molecule has 0 bridgehead atoms. The Bertz CT molecular complexity index is 402. The van der Waals surface area contributed by atoms with Crippen LogP contribution < -0.4 is 10.2 Å². The molecule has 1 heterocycles. The molecule has 0 aliphatic carbocycles. The van der Waals surface area contributed by atoms with Gasteiger partial charge in [0.2, 0.25) is 5.91 Å². The Kier molecular flexibility index (Phi) is 6.02. The summed E-state index contributed by atoms with van der Waals surface area (Å²) in [4.78, 5) is 14.1. The summed E-state index contributed by atoms with van der Waals surface area (Å²) in [5, 5.41) is 3.32. The zero-order valence-corrected chi connectivity index (χ0v) is 12.2. The van der Waals surface area contributed by atoms with Crippen LogP contribution in [0.5, 0.6) is 0 Å². The second-order valence-electron chi connectivity index (χ2n) is 5.06. The molecular weight excluding hydrogens is 252 g/mol. The first-order chi connectivity index (χ1) is 9.81. The quantitative estimate of drug-likeness (QED) is 0.776. The number of amides is 1. The Morgan fingerprint density at radius 2 is 2.20 bits per heavy atom. The van der Waals surface area contributed by atoms with Crippen LogP contribution in [0.4, 0.5) is 5.69 Å². The van der Waals surface area contributed by atoms with Gasteiger partial charge in [-0.2, -0.15) is 0 Å². The van der Waals surface area contributed by atoms with Crippen LogP contribution in [0.3, 0.4) is 0 Å². The monoisotopic (exact) mass is 276 g/mol. The summed E-state index contributed by atoms with van der Waals surface area (Å²) in [5.41, 5.74) is 0.971. The average molecular weight is 276 g/mol. The van der Waals surface area contributed by atoms with Gasteiger partial charge in [0.25, 0.3) is 0 Å². The predicted molar refractivity (Wildman–Crippen MR) is 80.9 cm³/mol. The van der Waals surface area contributed by atoms with E-state index in [0.717, 1.165) is 31.7 Å². The van der Waals surface area contributed by atoms with Crippen molar-refractivity contribution in [2.24, 2.45) is 0 Å². The van der Waals surface area contributed by atoms with Gasteiger partial charge in [-0.15, -0.1) is 0 Å². The van der Waals surface area contributed by atoms with Crippen LogP contribution in [-0.4, -0.2) is 38.3 Å². The number of hydrogen-bond donors (Lipinski definition) is 1. The molecule has 1 aliphatic rings. The smallest absolute Gasteiger partial charge is 0.228 e. The lowest BCUT2D eigenvalue weighted by Gasteiger charge is -2.21. The number of nitrogens with zero attached hydrogens (tertiary/aromatic N) is 1. The topological polar surface area (TPSA) is 41.6 Å². The van der Waals surface area contributed by atoms with Crippen LogP contribution >= 0.6 is 0 Å². The fraction of sp³-hybridized carbons (Fsp3) is 0.562. The number of anilines is 1. The van der Waals surface area contributed by atoms with E-state index in [2.05, 4.69) is 5.32 Å². The summed E-state index contributed by atoms with van der Waals surface area (Å²) in [5.74, 6) is 0.165. The lowest BCUT2D eigenvalue weighted by atomic mass is 10.2. The third-order valence-corrected chi connectivity index (χ3v) is 3.60. The van der Waals surface area contributed by atoms with Gasteiger partial charge in [-0.05, 0) is 31.9 Å². The number of hydrogen-bond acceptors (Lipinski definition) is 3. The molecule has 4 heteroatoms. The number of rotatable bonds is 7. The Balaban J connectivity index is 1.72. The summed E-state index contributed by atoms with van der Waals surface area (Å²) in [6, 6.07) is 9.83. The Labute approximate surface area is 121 Å². The summed E-state index contributed by atoms with van der Waals surface area (Å²) in [6.07, 6.45) is 3.14. The minimum atomic E-state index is 0.165. The molecule has 0 aromatic heterocycles. The highest BCUT2D eigenvalue weighted by Gasteiger charge is 2.16. The summed E-state index contributed by atoms with van der Waals surface area (Å²) in [6.45, 7) is 5.15. The number of para-hydroxylation sites is 1. The van der Waals surface area contributed by atoms with Crippen LogP contribution in [0.15, 0.2) is 30.3 Å². The molecule has 1 saturated heterocycles. The van der Waals surface area contributed by atoms with Gasteiger partial charge in [0.05, 0.1) is 6.10 Å². The second-order valence-corrected chi connectivity index (χ2v) is 5.06. The molecule has 1 fully saturated rings. The third kappa shape index (κ3) is 4.32. The van der Waals surface area contributed by atoms with Crippen molar-refractivity contribution < 1.29 is 9.53 Å². The maximum atomic E-state index is 12.2. The Hall–Kier alpha value is -1.39. The highest BCUT2D eigenvalue weighted by molar-refractivity contribution is 5.93. The van der Waals surface area contributed by atoms with E-state index in [1.165, 1.54) is 0 Å². The molecule has 0 saturated carbocycles. The standard InChI is InChI=1S/C16H24N2O2/c1-2-18(14-7-4-3-5-8-14)16(19)10-11-17-13-15-9-6-12-20-15/h3-5,7-8,15,17H,2,6,9-13H2,1H3. The third-order valence-electron chi connectivity index (χ3n) is 3.60. The zero-order chi connectivity index (χ0) is 14.2. The first-order valence-corrected chi connectivity index (χ1v) is 7.49. The SMILES string of the molecule is CCN(C(=O)CCNCC1CCCO1)c1ccccc1. The van der Waals surface area contributed by atoms with Crippen molar-refractivity contribution in [2.45, 2.75) is 32.3 Å². The van der Waals surface area contributed by atoms with Crippen molar-refractivity contribution in [3.63, 3.8) is 0 Å². The molecule has 4 nitrogen and oxygen atoms in total. The highest BCUT2D eigenvalue weighted by Crippen LogP contribution is 2.14. The first-order valence-electron chi connectivity index (χ1n) is 7.49. The predicted octanol–water partition coefficient (Wildman–Crippen LogP) is 2.20. The van der Waals surface area contributed by atoms with Crippen molar-refractivity contribution in [1.29, 1.82) is 0 Å². The molecular formula is C16H24N2O2. The number of nitrogens with one attached hydrogen (secondary N) is 1. The van der Waals surface area contributed by atoms with E-state index in [-0.39, 0.29) is 5.91 Å². The zero-order valence-electron chi connectivity index (χ0n) is 12.2. The van der Waals surface area contributed by atoms with Crippen molar-refractivity contribution in [3.8, 4) is 0 Å². The van der Waals surface area contributed by atoms with E-state index in [1.54, 1.807) is 0 Å². The molecule has 0 spiro atoms. The van der Waals surface area contributed by atoms with Gasteiger partial charge in [-0.1, -0.05) is 18.2 Å². The molecule has 1 aliphatic heterocycles. The number of benzene rings is 1. The number of carbonyl (C=O) groups excluding carboxylic acids is 1. The molecule has 1 amide bonds. The molecule has 0 radical (unpaired) electrons. The lowest BCUT2D eigenvalue weighted by Crippen LogP contribution is -2.34. The van der Waals surface area contributed by atoms with Gasteiger partial charge in [0, 0.05) is 38.3 Å². The van der Waals surface area contributed by atoms with Crippen LogP contribution in [-0.2, 0) is 9.53 Å². The molecule has 110 valence electrons. The Morgan fingerprint density at radius 1 is 1.40 bits per heavy atom. The van der Waals surface area contributed by atoms with E-state index in [1.807, 2.05) is 42.2 Å². The van der Waals surface area contributed by atoms with Crippen LogP contribution in [0.25, 0.3) is 0 Å². The van der Waals surface area contributed by atoms with Crippen LogP contribution in [0, 0.1) is 0 Å².